The van der Waals surface area contributed by atoms with Crippen LogP contribution in [-0.2, 0) is 16.6 Å². The lowest BCUT2D eigenvalue weighted by Gasteiger charge is -2.19. The highest BCUT2D eigenvalue weighted by atomic mass is 32.2. The highest BCUT2D eigenvalue weighted by Gasteiger charge is 2.35. The van der Waals surface area contributed by atoms with Gasteiger partial charge in [-0.1, -0.05) is 6.92 Å². The van der Waals surface area contributed by atoms with Gasteiger partial charge in [0, 0.05) is 25.7 Å². The molecule has 1 heterocycles. The smallest absolute Gasteiger partial charge is 0.292 e. The first kappa shape index (κ1) is 16.7. The molecule has 0 aromatic heterocycles. The molecule has 9 heteroatoms. The number of nitrogens with zero attached hydrogens (tertiary/aromatic N) is 2. The van der Waals surface area contributed by atoms with Crippen molar-refractivity contribution in [1.82, 2.24) is 4.72 Å². The molecule has 1 aromatic rings. The molecule has 1 aliphatic heterocycles. The van der Waals surface area contributed by atoms with Crippen molar-refractivity contribution >= 4 is 21.4 Å². The van der Waals surface area contributed by atoms with Crippen molar-refractivity contribution in [3.05, 3.63) is 33.9 Å². The Labute approximate surface area is 128 Å². The number of rotatable bonds is 6. The third-order valence-electron chi connectivity index (χ3n) is 3.69. The van der Waals surface area contributed by atoms with Crippen LogP contribution in [-0.4, -0.2) is 43.3 Å². The second kappa shape index (κ2) is 6.59. The van der Waals surface area contributed by atoms with E-state index in [1.807, 2.05) is 0 Å². The summed E-state index contributed by atoms with van der Waals surface area (Å²) in [7, 11) is -3.41. The average Bonchev–Trinajstić information content (AvgIpc) is 2.97. The number of anilines is 1. The molecular formula is C13H19N3O5S. The first-order valence-electron chi connectivity index (χ1n) is 7.00. The van der Waals surface area contributed by atoms with Crippen LogP contribution in [0.2, 0.25) is 0 Å². The van der Waals surface area contributed by atoms with Gasteiger partial charge in [0.15, 0.2) is 0 Å². The molecule has 0 bridgehead atoms. The zero-order chi connectivity index (χ0) is 16.3. The topological polar surface area (TPSA) is 113 Å². The van der Waals surface area contributed by atoms with E-state index in [1.165, 1.54) is 12.1 Å². The number of aliphatic hydroxyl groups excluding tert-OH is 1. The van der Waals surface area contributed by atoms with Crippen LogP contribution < -0.4 is 9.62 Å². The fraction of sp³-hybridized carbons (Fsp3) is 0.538. The van der Waals surface area contributed by atoms with E-state index in [0.29, 0.717) is 30.8 Å². The molecule has 0 spiro atoms. The molecule has 2 N–H and O–H groups in total. The molecule has 1 aliphatic rings. The number of nitro benzene ring substituents is 1. The minimum Gasteiger partial charge on any atom is -0.392 e. The molecule has 1 unspecified atom stereocenters. The van der Waals surface area contributed by atoms with Gasteiger partial charge in [0.2, 0.25) is 10.0 Å². The first-order valence-corrected chi connectivity index (χ1v) is 8.55. The third-order valence-corrected chi connectivity index (χ3v) is 5.64. The zero-order valence-corrected chi connectivity index (χ0v) is 13.0. The van der Waals surface area contributed by atoms with Crippen LogP contribution in [0.25, 0.3) is 0 Å². The Balaban J connectivity index is 2.28. The predicted molar refractivity (Wildman–Crippen MR) is 82.2 cm³/mol. The van der Waals surface area contributed by atoms with E-state index in [2.05, 4.69) is 4.72 Å². The first-order chi connectivity index (χ1) is 10.4. The summed E-state index contributed by atoms with van der Waals surface area (Å²) in [5.74, 6) is 0. The second-order valence-electron chi connectivity index (χ2n) is 5.14. The second-order valence-corrected chi connectivity index (χ2v) is 7.18. The van der Waals surface area contributed by atoms with Crippen LogP contribution in [0.5, 0.6) is 0 Å². The normalized spacial score (nSPS) is 18.6. The standard InChI is InChI=1S/C13H19N3O5S/c1-2-14-22(20,21)11-5-6-15(8-11)13-7-10(9-17)3-4-12(13)16(18)19/h3-4,7,11,14,17H,2,5-6,8-9H2,1H3. The molecular weight excluding hydrogens is 310 g/mol. The quantitative estimate of drug-likeness (QED) is 0.584. The van der Waals surface area contributed by atoms with Gasteiger partial charge in [-0.2, -0.15) is 0 Å². The van der Waals surface area contributed by atoms with Crippen molar-refractivity contribution in [2.24, 2.45) is 0 Å². The molecule has 8 nitrogen and oxygen atoms in total. The molecule has 22 heavy (non-hydrogen) atoms. The lowest BCUT2D eigenvalue weighted by molar-refractivity contribution is -0.384. The van der Waals surface area contributed by atoms with Gasteiger partial charge in [-0.15, -0.1) is 0 Å². The van der Waals surface area contributed by atoms with Crippen LogP contribution in [0.4, 0.5) is 11.4 Å². The number of sulfonamides is 1. The van der Waals surface area contributed by atoms with Crippen molar-refractivity contribution < 1.29 is 18.4 Å². The van der Waals surface area contributed by atoms with Crippen LogP contribution in [0.3, 0.4) is 0 Å². The molecule has 122 valence electrons. The van der Waals surface area contributed by atoms with Crippen molar-refractivity contribution in [3.8, 4) is 0 Å². The van der Waals surface area contributed by atoms with E-state index in [1.54, 1.807) is 17.9 Å². The van der Waals surface area contributed by atoms with Crippen molar-refractivity contribution in [1.29, 1.82) is 0 Å². The Bertz CT molecular complexity index is 662. The van der Waals surface area contributed by atoms with Gasteiger partial charge in [0.1, 0.15) is 5.69 Å². The molecule has 0 aliphatic carbocycles. The average molecular weight is 329 g/mol. The van der Waals surface area contributed by atoms with Gasteiger partial charge in [-0.3, -0.25) is 10.1 Å². The molecule has 0 radical (unpaired) electrons. The maximum atomic E-state index is 12.0. The Morgan fingerprint density at radius 1 is 1.50 bits per heavy atom. The number of nitrogens with one attached hydrogen (secondary N) is 1. The highest BCUT2D eigenvalue weighted by Crippen LogP contribution is 2.33. The van der Waals surface area contributed by atoms with Gasteiger partial charge >= 0.3 is 0 Å². The monoisotopic (exact) mass is 329 g/mol. The van der Waals surface area contributed by atoms with E-state index in [9.17, 15) is 23.6 Å². The van der Waals surface area contributed by atoms with E-state index < -0.39 is 20.2 Å². The Morgan fingerprint density at radius 3 is 2.82 bits per heavy atom. The minimum atomic E-state index is -3.41. The number of nitro groups is 1. The van der Waals surface area contributed by atoms with Crippen molar-refractivity contribution in [2.75, 3.05) is 24.5 Å². The number of aliphatic hydroxyl groups is 1. The van der Waals surface area contributed by atoms with Gasteiger partial charge in [-0.25, -0.2) is 13.1 Å². The molecule has 2 rings (SSSR count). The summed E-state index contributed by atoms with van der Waals surface area (Å²) in [5, 5.41) is 19.7. The molecule has 1 fully saturated rings. The largest absolute Gasteiger partial charge is 0.392 e. The van der Waals surface area contributed by atoms with E-state index >= 15 is 0 Å². The molecule has 0 saturated carbocycles. The summed E-state index contributed by atoms with van der Waals surface area (Å²) in [6.07, 6.45) is 0.413. The van der Waals surface area contributed by atoms with Crippen molar-refractivity contribution in [2.45, 2.75) is 25.2 Å². The van der Waals surface area contributed by atoms with Crippen LogP contribution in [0, 0.1) is 10.1 Å². The zero-order valence-electron chi connectivity index (χ0n) is 12.2. The fourth-order valence-corrected chi connectivity index (χ4v) is 4.02. The number of benzene rings is 1. The van der Waals surface area contributed by atoms with Crippen LogP contribution in [0.1, 0.15) is 18.9 Å². The summed E-state index contributed by atoms with van der Waals surface area (Å²) in [5.41, 5.74) is 0.822. The molecule has 1 saturated heterocycles. The Kier molecular flexibility index (Phi) is 4.99. The fourth-order valence-electron chi connectivity index (χ4n) is 2.59. The van der Waals surface area contributed by atoms with Gasteiger partial charge in [-0.05, 0) is 24.1 Å². The Morgan fingerprint density at radius 2 is 2.23 bits per heavy atom. The summed E-state index contributed by atoms with van der Waals surface area (Å²) in [4.78, 5) is 12.3. The predicted octanol–water partition coefficient (Wildman–Crippen LogP) is 0.605. The van der Waals surface area contributed by atoms with Gasteiger partial charge in [0.05, 0.1) is 16.8 Å². The van der Waals surface area contributed by atoms with E-state index in [-0.39, 0.29) is 18.8 Å². The summed E-state index contributed by atoms with van der Waals surface area (Å²) < 4.78 is 26.5. The lowest BCUT2D eigenvalue weighted by Crippen LogP contribution is -2.36. The summed E-state index contributed by atoms with van der Waals surface area (Å²) in [6.45, 7) is 2.42. The summed E-state index contributed by atoms with van der Waals surface area (Å²) in [6, 6.07) is 4.37. The number of hydrogen-bond acceptors (Lipinski definition) is 6. The van der Waals surface area contributed by atoms with E-state index in [0.717, 1.165) is 0 Å². The maximum absolute atomic E-state index is 12.0. The highest BCUT2D eigenvalue weighted by molar-refractivity contribution is 7.90. The van der Waals surface area contributed by atoms with Gasteiger partial charge in [0.25, 0.3) is 5.69 Å². The van der Waals surface area contributed by atoms with Crippen molar-refractivity contribution in [3.63, 3.8) is 0 Å². The molecule has 0 amide bonds. The van der Waals surface area contributed by atoms with Gasteiger partial charge < -0.3 is 10.0 Å². The van der Waals surface area contributed by atoms with E-state index in [4.69, 9.17) is 0 Å². The van der Waals surface area contributed by atoms with Crippen LogP contribution >= 0.6 is 0 Å². The van der Waals surface area contributed by atoms with Crippen LogP contribution in [0.15, 0.2) is 18.2 Å². The third kappa shape index (κ3) is 3.37. The maximum Gasteiger partial charge on any atom is 0.292 e. The minimum absolute atomic E-state index is 0.0845. The number of hydrogen-bond donors (Lipinski definition) is 2. The Hall–Kier alpha value is -1.71. The molecule has 1 atom stereocenters. The lowest BCUT2D eigenvalue weighted by atomic mass is 10.1. The summed E-state index contributed by atoms with van der Waals surface area (Å²) >= 11 is 0. The molecule has 1 aromatic carbocycles. The SMILES string of the molecule is CCNS(=O)(=O)C1CCN(c2cc(CO)ccc2[N+](=O)[O-])C1.